The van der Waals surface area contributed by atoms with Crippen molar-refractivity contribution in [3.8, 4) is 0 Å². The number of amides is 8. The van der Waals surface area contributed by atoms with Crippen LogP contribution in [0.1, 0.15) is 323 Å². The number of hydrogen-bond donors (Lipinski definition) is 10. The SMILES string of the molecule is CCCCCCCCCCC(NC(=O)CCCCCCCCCCCNC(=O)[C@@H](O)[C@@H](O)[C@@H](O)[C@H](O)CO)C(=O)NCCCCCCC(CN(CCCCCCCCNC(=O)OC(C)(C)C)C(=O)OC(C)(C)C)CN(CCCCN(CCCNC(=O)OC(C)(C)C)C(=O)OC(C)(C)C)C(=O)OC(C)(C)C. The molecule has 105 heavy (non-hydrogen) atoms. The first-order valence-electron chi connectivity index (χ1n) is 40.2. The molecule has 0 radical (unpaired) electrons. The van der Waals surface area contributed by atoms with Crippen LogP contribution in [0.25, 0.3) is 0 Å². The number of nitrogens with one attached hydrogen (secondary N) is 5. The first-order chi connectivity index (χ1) is 49.2. The monoisotopic (exact) mass is 1500 g/mol. The summed E-state index contributed by atoms with van der Waals surface area (Å²) in [5.74, 6) is -1.37. The van der Waals surface area contributed by atoms with E-state index in [1.54, 1.807) is 35.5 Å². The van der Waals surface area contributed by atoms with E-state index in [9.17, 15) is 58.8 Å². The number of alkyl carbamates (subject to hydrolysis) is 2. The lowest BCUT2D eigenvalue weighted by Gasteiger charge is -2.34. The molecular formula is C79H152N8O18. The van der Waals surface area contributed by atoms with Gasteiger partial charge in [0.2, 0.25) is 11.8 Å². The Morgan fingerprint density at radius 2 is 0.676 bits per heavy atom. The first-order valence-corrected chi connectivity index (χ1v) is 40.2. The Kier molecular flexibility index (Phi) is 53.0. The van der Waals surface area contributed by atoms with Crippen LogP contribution in [-0.4, -0.2) is 219 Å². The molecule has 0 aromatic rings. The van der Waals surface area contributed by atoms with Gasteiger partial charge in [-0.25, -0.2) is 24.0 Å². The maximum absolute atomic E-state index is 14.3. The van der Waals surface area contributed by atoms with Gasteiger partial charge in [0.25, 0.3) is 5.91 Å². The predicted octanol–water partition coefficient (Wildman–Crippen LogP) is 13.4. The number of carbonyl (C=O) groups excluding carboxylic acids is 8. The van der Waals surface area contributed by atoms with Gasteiger partial charge in [-0.2, -0.15) is 0 Å². The Balaban J connectivity index is 6.21. The van der Waals surface area contributed by atoms with Crippen molar-refractivity contribution in [2.24, 2.45) is 5.92 Å². The highest BCUT2D eigenvalue weighted by molar-refractivity contribution is 5.87. The molecule has 26 nitrogen and oxygen atoms in total. The average molecular weight is 1500 g/mol. The fourth-order valence-corrected chi connectivity index (χ4v) is 11.6. The number of carbonyl (C=O) groups is 8. The highest BCUT2D eigenvalue weighted by Gasteiger charge is 2.35. The van der Waals surface area contributed by atoms with Crippen LogP contribution in [-0.2, 0) is 38.1 Å². The highest BCUT2D eigenvalue weighted by atomic mass is 16.6. The normalized spacial score (nSPS) is 13.8. The number of hydrogen-bond acceptors (Lipinski definition) is 18. The fourth-order valence-electron chi connectivity index (χ4n) is 11.6. The number of rotatable bonds is 57. The number of aliphatic hydroxyl groups is 5. The van der Waals surface area contributed by atoms with Crippen LogP contribution in [0, 0.1) is 5.92 Å². The second kappa shape index (κ2) is 55.9. The standard InChI is InChI=1S/C79H152N8O18/c1-17-18-19-20-21-25-30-38-48-62(84-64(90)49-39-31-26-23-22-24-27-33-40-51-81-69(95)67(93)66(92)65(91)63(89)60-88)68(94)80-50-41-35-32-37-47-61(58-86(73(99)104-78(11,12)13)55-43-36-29-28-34-42-52-82-70(96)101-75(2,3)4)59-87(74(100)105-79(14,15)16)56-45-44-54-85(72(98)103-77(8,9)10)57-46-53-83-71(97)102-76(5,6)7/h61-63,65-67,88-89,91-93H,17-60H2,1-16H3,(H,80,94)(H,81,95)(H,82,96)(H,83,97)(H,84,90)/t61?,62?,63-,65+,66+,67+/m1/s1. The molecule has 0 aliphatic heterocycles. The summed E-state index contributed by atoms with van der Waals surface area (Å²) in [5, 5.41) is 62.5. The third-order valence-corrected chi connectivity index (χ3v) is 17.1. The molecule has 0 aromatic carbocycles. The van der Waals surface area contributed by atoms with E-state index in [4.69, 9.17) is 28.8 Å². The van der Waals surface area contributed by atoms with Gasteiger partial charge in [0.15, 0.2) is 6.10 Å². The van der Waals surface area contributed by atoms with Gasteiger partial charge in [-0.3, -0.25) is 14.4 Å². The third kappa shape index (κ3) is 57.4. The molecule has 0 heterocycles. The van der Waals surface area contributed by atoms with Crippen molar-refractivity contribution in [3.63, 3.8) is 0 Å². The molecule has 6 atom stereocenters. The van der Waals surface area contributed by atoms with Crippen LogP contribution in [0.2, 0.25) is 0 Å². The number of nitrogens with zero attached hydrogens (tertiary/aromatic N) is 3. The number of aliphatic hydroxyl groups excluding tert-OH is 5. The molecule has 0 saturated carbocycles. The molecule has 0 fully saturated rings. The van der Waals surface area contributed by atoms with Crippen molar-refractivity contribution in [2.45, 2.75) is 381 Å². The zero-order chi connectivity index (χ0) is 79.5. The quantitative estimate of drug-likeness (QED) is 0.0200. The van der Waals surface area contributed by atoms with E-state index in [0.29, 0.717) is 104 Å². The first kappa shape index (κ1) is 99.6. The van der Waals surface area contributed by atoms with Gasteiger partial charge >= 0.3 is 30.5 Å². The zero-order valence-electron chi connectivity index (χ0n) is 68.5. The maximum atomic E-state index is 14.3. The van der Waals surface area contributed by atoms with Crippen molar-refractivity contribution in [1.82, 2.24) is 41.3 Å². The molecule has 0 rings (SSSR count). The van der Waals surface area contributed by atoms with Crippen molar-refractivity contribution in [2.75, 3.05) is 72.1 Å². The Bertz CT molecular complexity index is 2350. The molecule has 8 amide bonds. The van der Waals surface area contributed by atoms with Crippen molar-refractivity contribution < 1.29 is 87.6 Å². The molecule has 2 unspecified atom stereocenters. The van der Waals surface area contributed by atoms with Crippen molar-refractivity contribution in [3.05, 3.63) is 0 Å². The molecule has 0 aliphatic rings. The van der Waals surface area contributed by atoms with Gasteiger partial charge in [0.1, 0.15) is 52.4 Å². The van der Waals surface area contributed by atoms with Gasteiger partial charge in [0, 0.05) is 71.9 Å². The summed E-state index contributed by atoms with van der Waals surface area (Å²) in [4.78, 5) is 111. The summed E-state index contributed by atoms with van der Waals surface area (Å²) < 4.78 is 28.6. The van der Waals surface area contributed by atoms with Crippen LogP contribution < -0.4 is 26.6 Å². The van der Waals surface area contributed by atoms with Gasteiger partial charge in [-0.05, 0) is 174 Å². The van der Waals surface area contributed by atoms with Crippen molar-refractivity contribution >= 4 is 48.2 Å². The minimum absolute atomic E-state index is 0.131. The molecular weight excluding hydrogens is 1350 g/mol. The summed E-state index contributed by atoms with van der Waals surface area (Å²) in [6.45, 7) is 32.2. The average Bonchev–Trinajstić information content (AvgIpc) is 0.870. The van der Waals surface area contributed by atoms with E-state index in [0.717, 1.165) is 128 Å². The van der Waals surface area contributed by atoms with Crippen LogP contribution in [0.5, 0.6) is 0 Å². The second-order valence-electron chi connectivity index (χ2n) is 33.5. The van der Waals surface area contributed by atoms with Crippen LogP contribution in [0.3, 0.4) is 0 Å². The van der Waals surface area contributed by atoms with E-state index in [1.165, 1.54) is 25.7 Å². The van der Waals surface area contributed by atoms with Gasteiger partial charge in [-0.1, -0.05) is 148 Å². The lowest BCUT2D eigenvalue weighted by Crippen LogP contribution is -2.51. The molecule has 10 N–H and O–H groups in total. The zero-order valence-corrected chi connectivity index (χ0v) is 68.5. The van der Waals surface area contributed by atoms with Crippen LogP contribution >= 0.6 is 0 Å². The van der Waals surface area contributed by atoms with Crippen LogP contribution in [0.4, 0.5) is 24.0 Å². The molecule has 0 saturated heterocycles. The Morgan fingerprint density at radius 1 is 0.352 bits per heavy atom. The Morgan fingerprint density at radius 3 is 1.10 bits per heavy atom. The number of ether oxygens (including phenoxy) is 5. The lowest BCUT2D eigenvalue weighted by atomic mass is 9.98. The smallest absolute Gasteiger partial charge is 0.410 e. The Hall–Kier alpha value is -5.44. The summed E-state index contributed by atoms with van der Waals surface area (Å²) in [6, 6.07) is -0.633. The summed E-state index contributed by atoms with van der Waals surface area (Å²) in [6.07, 6.45) is 18.6. The summed E-state index contributed by atoms with van der Waals surface area (Å²) in [5.41, 5.74) is -3.53. The summed E-state index contributed by atoms with van der Waals surface area (Å²) >= 11 is 0. The Labute approximate surface area is 633 Å². The fraction of sp³-hybridized carbons (Fsp3) is 0.899. The molecule has 0 spiro atoms. The van der Waals surface area contributed by atoms with E-state index >= 15 is 0 Å². The second-order valence-corrected chi connectivity index (χ2v) is 33.5. The molecule has 0 bridgehead atoms. The highest BCUT2D eigenvalue weighted by Crippen LogP contribution is 2.23. The minimum Gasteiger partial charge on any atom is -0.444 e. The molecule has 0 aromatic heterocycles. The van der Waals surface area contributed by atoms with Gasteiger partial charge < -0.3 is 90.5 Å². The maximum Gasteiger partial charge on any atom is 0.410 e. The van der Waals surface area contributed by atoms with E-state index in [-0.39, 0.29) is 37.4 Å². The predicted molar refractivity (Wildman–Crippen MR) is 412 cm³/mol. The number of unbranched alkanes of at least 4 members (excludes halogenated alkanes) is 24. The topological polar surface area (TPSA) is 354 Å². The minimum atomic E-state index is -1.95. The third-order valence-electron chi connectivity index (χ3n) is 17.1. The van der Waals surface area contributed by atoms with Crippen molar-refractivity contribution in [1.29, 1.82) is 0 Å². The summed E-state index contributed by atoms with van der Waals surface area (Å²) in [7, 11) is 0. The van der Waals surface area contributed by atoms with E-state index in [2.05, 4.69) is 33.5 Å². The van der Waals surface area contributed by atoms with E-state index in [1.807, 2.05) is 83.1 Å². The molecule has 26 heteroatoms. The van der Waals surface area contributed by atoms with E-state index < -0.39 is 101 Å². The molecule has 616 valence electrons. The lowest BCUT2D eigenvalue weighted by molar-refractivity contribution is -0.148. The van der Waals surface area contributed by atoms with Crippen LogP contribution in [0.15, 0.2) is 0 Å². The largest absolute Gasteiger partial charge is 0.444 e. The van der Waals surface area contributed by atoms with Gasteiger partial charge in [-0.15, -0.1) is 0 Å². The molecule has 0 aliphatic carbocycles. The van der Waals surface area contributed by atoms with Gasteiger partial charge in [0.05, 0.1) is 6.61 Å².